The first-order chi connectivity index (χ1) is 9.52. The van der Waals surface area contributed by atoms with Crippen molar-refractivity contribution in [3.8, 4) is 0 Å². The van der Waals surface area contributed by atoms with Crippen molar-refractivity contribution in [2.75, 3.05) is 13.2 Å². The van der Waals surface area contributed by atoms with Gasteiger partial charge >= 0.3 is 5.97 Å². The number of benzene rings is 1. The van der Waals surface area contributed by atoms with Crippen LogP contribution in [0.1, 0.15) is 30.0 Å². The molecule has 2 unspecified atom stereocenters. The normalized spacial score (nSPS) is 20.2. The smallest absolute Gasteiger partial charge is 0.308 e. The van der Waals surface area contributed by atoms with Crippen molar-refractivity contribution in [1.29, 1.82) is 0 Å². The summed E-state index contributed by atoms with van der Waals surface area (Å²) < 4.78 is 0. The number of nitrogens with zero attached hydrogens (tertiary/aromatic N) is 1. The molecule has 20 heavy (non-hydrogen) atoms. The van der Waals surface area contributed by atoms with Crippen LogP contribution in [0.15, 0.2) is 24.3 Å². The predicted octanol–water partition coefficient (Wildman–Crippen LogP) is 1.35. The van der Waals surface area contributed by atoms with Crippen LogP contribution in [-0.4, -0.2) is 40.1 Å². The second-order valence-corrected chi connectivity index (χ2v) is 5.22. The zero-order valence-corrected chi connectivity index (χ0v) is 11.5. The third kappa shape index (κ3) is 2.99. The van der Waals surface area contributed by atoms with Gasteiger partial charge in [-0.05, 0) is 18.9 Å². The molecule has 5 nitrogen and oxygen atoms in total. The van der Waals surface area contributed by atoms with Crippen molar-refractivity contribution in [3.05, 3.63) is 35.4 Å². The third-order valence-corrected chi connectivity index (χ3v) is 3.75. The molecule has 108 valence electrons. The van der Waals surface area contributed by atoms with E-state index >= 15 is 0 Å². The second kappa shape index (κ2) is 6.05. The van der Waals surface area contributed by atoms with Gasteiger partial charge in [0, 0.05) is 19.6 Å². The summed E-state index contributed by atoms with van der Waals surface area (Å²) in [5.41, 5.74) is 2.05. The van der Waals surface area contributed by atoms with E-state index in [1.165, 1.54) is 0 Å². The lowest BCUT2D eigenvalue weighted by atomic mass is 10.0. The Balaban J connectivity index is 2.22. The monoisotopic (exact) mass is 277 g/mol. The van der Waals surface area contributed by atoms with Crippen molar-refractivity contribution in [1.82, 2.24) is 4.90 Å². The van der Waals surface area contributed by atoms with Crippen molar-refractivity contribution >= 4 is 11.9 Å². The molecule has 1 aromatic carbocycles. The van der Waals surface area contributed by atoms with E-state index in [9.17, 15) is 14.7 Å². The average molecular weight is 277 g/mol. The van der Waals surface area contributed by atoms with Crippen LogP contribution in [0, 0.1) is 12.8 Å². The summed E-state index contributed by atoms with van der Waals surface area (Å²) in [6, 6.07) is 7.51. The molecular formula is C15H19NO4. The summed E-state index contributed by atoms with van der Waals surface area (Å²) in [7, 11) is 0. The molecule has 0 saturated carbocycles. The van der Waals surface area contributed by atoms with Crippen molar-refractivity contribution in [2.24, 2.45) is 5.92 Å². The Bertz CT molecular complexity index is 497. The highest BCUT2D eigenvalue weighted by Crippen LogP contribution is 2.31. The van der Waals surface area contributed by atoms with Crippen LogP contribution in [0.3, 0.4) is 0 Å². The van der Waals surface area contributed by atoms with Crippen LogP contribution in [0.4, 0.5) is 0 Å². The molecule has 2 N–H and O–H groups in total. The zero-order chi connectivity index (χ0) is 14.7. The second-order valence-electron chi connectivity index (χ2n) is 5.22. The van der Waals surface area contributed by atoms with Gasteiger partial charge in [-0.15, -0.1) is 0 Å². The lowest BCUT2D eigenvalue weighted by Crippen LogP contribution is -2.31. The molecule has 5 heteroatoms. The highest BCUT2D eigenvalue weighted by Gasteiger charge is 2.38. The Morgan fingerprint density at radius 2 is 2.05 bits per heavy atom. The number of carbonyl (C=O) groups excluding carboxylic acids is 1. The first-order valence-corrected chi connectivity index (χ1v) is 6.72. The number of carboxylic acids is 1. The molecule has 0 aromatic heterocycles. The van der Waals surface area contributed by atoms with Crippen LogP contribution in [0.2, 0.25) is 0 Å². The summed E-state index contributed by atoms with van der Waals surface area (Å²) in [4.78, 5) is 24.6. The number of carbonyl (C=O) groups is 2. The van der Waals surface area contributed by atoms with Gasteiger partial charge in [0.2, 0.25) is 5.91 Å². The number of aliphatic hydroxyl groups excluding tert-OH is 1. The van der Waals surface area contributed by atoms with Crippen molar-refractivity contribution in [2.45, 2.75) is 25.8 Å². The molecule has 1 aromatic rings. The van der Waals surface area contributed by atoms with Crippen LogP contribution in [-0.2, 0) is 9.59 Å². The van der Waals surface area contributed by atoms with E-state index in [-0.39, 0.29) is 31.5 Å². The van der Waals surface area contributed by atoms with Crippen LogP contribution in [0.25, 0.3) is 0 Å². The number of hydrogen-bond donors (Lipinski definition) is 2. The molecular weight excluding hydrogens is 258 g/mol. The van der Waals surface area contributed by atoms with Crippen LogP contribution < -0.4 is 0 Å². The topological polar surface area (TPSA) is 77.8 Å². The average Bonchev–Trinajstić information content (AvgIpc) is 2.79. The maximum Gasteiger partial charge on any atom is 0.308 e. The van der Waals surface area contributed by atoms with Gasteiger partial charge in [-0.2, -0.15) is 0 Å². The maximum absolute atomic E-state index is 12.0. The van der Waals surface area contributed by atoms with Gasteiger partial charge < -0.3 is 15.1 Å². The largest absolute Gasteiger partial charge is 0.481 e. The molecule has 1 aliphatic rings. The fraction of sp³-hybridized carbons (Fsp3) is 0.467. The van der Waals surface area contributed by atoms with Gasteiger partial charge in [0.1, 0.15) is 0 Å². The van der Waals surface area contributed by atoms with Crippen LogP contribution >= 0.6 is 0 Å². The molecule has 0 spiro atoms. The SMILES string of the molecule is Cc1ccc(C(CCO)N2CC(C(=O)O)CC2=O)cc1. The van der Waals surface area contributed by atoms with E-state index in [2.05, 4.69) is 0 Å². The summed E-state index contributed by atoms with van der Waals surface area (Å²) in [5, 5.41) is 18.3. The predicted molar refractivity (Wildman–Crippen MR) is 73.1 cm³/mol. The van der Waals surface area contributed by atoms with Gasteiger partial charge in [-0.25, -0.2) is 0 Å². The Kier molecular flexibility index (Phi) is 4.39. The molecule has 2 atom stereocenters. The zero-order valence-electron chi connectivity index (χ0n) is 11.5. The maximum atomic E-state index is 12.0. The number of amides is 1. The summed E-state index contributed by atoms with van der Waals surface area (Å²) in [5.74, 6) is -1.74. The highest BCUT2D eigenvalue weighted by molar-refractivity contribution is 5.86. The highest BCUT2D eigenvalue weighted by atomic mass is 16.4. The van der Waals surface area contributed by atoms with E-state index in [4.69, 9.17) is 5.11 Å². The number of aryl methyl sites for hydroxylation is 1. The van der Waals surface area contributed by atoms with Crippen LogP contribution in [0.5, 0.6) is 0 Å². The number of aliphatic hydroxyl groups is 1. The Hall–Kier alpha value is -1.88. The molecule has 1 fully saturated rings. The summed E-state index contributed by atoms with van der Waals surface area (Å²) in [6.45, 7) is 2.15. The van der Waals surface area contributed by atoms with Gasteiger partial charge in [-0.3, -0.25) is 9.59 Å². The lowest BCUT2D eigenvalue weighted by molar-refractivity contribution is -0.141. The fourth-order valence-electron chi connectivity index (χ4n) is 2.61. The number of hydrogen-bond acceptors (Lipinski definition) is 3. The summed E-state index contributed by atoms with van der Waals surface area (Å²) in [6.07, 6.45) is 0.463. The van der Waals surface area contributed by atoms with Gasteiger partial charge in [0.15, 0.2) is 0 Å². The molecule has 0 aliphatic carbocycles. The first kappa shape index (κ1) is 14.5. The fourth-order valence-corrected chi connectivity index (χ4v) is 2.61. The van der Waals surface area contributed by atoms with Gasteiger partial charge in [0.25, 0.3) is 0 Å². The molecule has 1 amide bonds. The van der Waals surface area contributed by atoms with E-state index in [0.29, 0.717) is 6.42 Å². The minimum Gasteiger partial charge on any atom is -0.481 e. The number of carboxylic acid groups (broad SMARTS) is 1. The van der Waals surface area contributed by atoms with E-state index in [1.54, 1.807) is 4.90 Å². The Labute approximate surface area is 117 Å². The van der Waals surface area contributed by atoms with E-state index in [1.807, 2.05) is 31.2 Å². The molecule has 0 bridgehead atoms. The minimum absolute atomic E-state index is 0.0416. The number of likely N-dealkylation sites (tertiary alicyclic amines) is 1. The molecule has 2 rings (SSSR count). The van der Waals surface area contributed by atoms with Gasteiger partial charge in [-0.1, -0.05) is 29.8 Å². The van der Waals surface area contributed by atoms with Crippen molar-refractivity contribution < 1.29 is 19.8 Å². The van der Waals surface area contributed by atoms with E-state index in [0.717, 1.165) is 11.1 Å². The minimum atomic E-state index is -0.937. The Morgan fingerprint density at radius 1 is 1.40 bits per heavy atom. The van der Waals surface area contributed by atoms with Crippen molar-refractivity contribution in [3.63, 3.8) is 0 Å². The third-order valence-electron chi connectivity index (χ3n) is 3.75. The number of rotatable bonds is 5. The first-order valence-electron chi connectivity index (χ1n) is 6.72. The molecule has 1 heterocycles. The van der Waals surface area contributed by atoms with E-state index < -0.39 is 11.9 Å². The molecule has 0 radical (unpaired) electrons. The van der Waals surface area contributed by atoms with Gasteiger partial charge in [0.05, 0.1) is 12.0 Å². The lowest BCUT2D eigenvalue weighted by Gasteiger charge is -2.28. The number of aliphatic carboxylic acids is 1. The molecule has 1 aliphatic heterocycles. The molecule has 1 saturated heterocycles. The quantitative estimate of drug-likeness (QED) is 0.851. The Morgan fingerprint density at radius 3 is 2.55 bits per heavy atom. The standard InChI is InChI=1S/C15H19NO4/c1-10-2-4-11(5-3-10)13(6-7-17)16-9-12(15(19)20)8-14(16)18/h2-5,12-13,17H,6-9H2,1H3,(H,19,20). The summed E-state index contributed by atoms with van der Waals surface area (Å²) >= 11 is 0.